The molecule has 5 heteroatoms. The van der Waals surface area contributed by atoms with E-state index in [-0.39, 0.29) is 24.4 Å². The van der Waals surface area contributed by atoms with Crippen LogP contribution < -0.4 is 11.1 Å². The van der Waals surface area contributed by atoms with Crippen LogP contribution in [-0.2, 0) is 0 Å². The standard InChI is InChI=1S/C14H22N2OS.ClH/c1-3-4-5-12(10-15)16-14(17)11-6-8-13(18-2)9-7-11;/h6-9,12H,3-5,10,15H2,1-2H3,(H,16,17);1H. The number of rotatable bonds is 7. The number of hydrogen-bond acceptors (Lipinski definition) is 3. The Hall–Kier alpha value is -0.710. The highest BCUT2D eigenvalue weighted by Gasteiger charge is 2.11. The molecule has 1 amide bonds. The van der Waals surface area contributed by atoms with E-state index >= 15 is 0 Å². The third-order valence-corrected chi connectivity index (χ3v) is 3.62. The molecule has 0 bridgehead atoms. The first kappa shape index (κ1) is 18.3. The molecular weight excluding hydrogens is 280 g/mol. The predicted octanol–water partition coefficient (Wildman–Crippen LogP) is 3.08. The molecule has 3 nitrogen and oxygen atoms in total. The Labute approximate surface area is 126 Å². The quantitative estimate of drug-likeness (QED) is 0.761. The van der Waals surface area contributed by atoms with Crippen molar-refractivity contribution in [3.8, 4) is 0 Å². The minimum atomic E-state index is -0.0331. The largest absolute Gasteiger partial charge is 0.348 e. The molecule has 0 fully saturated rings. The first-order valence-corrected chi connectivity index (χ1v) is 7.58. The number of unbranched alkanes of at least 4 members (excludes halogenated alkanes) is 1. The van der Waals surface area contributed by atoms with Crippen molar-refractivity contribution in [1.29, 1.82) is 0 Å². The molecule has 1 rings (SSSR count). The van der Waals surface area contributed by atoms with Gasteiger partial charge in [0.25, 0.3) is 5.91 Å². The van der Waals surface area contributed by atoms with Crippen LogP contribution in [0.15, 0.2) is 29.2 Å². The lowest BCUT2D eigenvalue weighted by atomic mass is 10.1. The van der Waals surface area contributed by atoms with E-state index in [1.54, 1.807) is 11.8 Å². The van der Waals surface area contributed by atoms with Crippen LogP contribution in [0.2, 0.25) is 0 Å². The van der Waals surface area contributed by atoms with E-state index in [2.05, 4.69) is 12.2 Å². The number of carbonyl (C=O) groups is 1. The van der Waals surface area contributed by atoms with E-state index in [4.69, 9.17) is 5.73 Å². The molecule has 0 spiro atoms. The van der Waals surface area contributed by atoms with Gasteiger partial charge in [0.2, 0.25) is 0 Å². The number of benzene rings is 1. The third kappa shape index (κ3) is 6.32. The molecule has 0 heterocycles. The highest BCUT2D eigenvalue weighted by Crippen LogP contribution is 2.15. The molecule has 1 atom stereocenters. The smallest absolute Gasteiger partial charge is 0.251 e. The Morgan fingerprint density at radius 1 is 1.37 bits per heavy atom. The summed E-state index contributed by atoms with van der Waals surface area (Å²) < 4.78 is 0. The SMILES string of the molecule is CCCCC(CN)NC(=O)c1ccc(SC)cc1.Cl. The number of nitrogens with one attached hydrogen (secondary N) is 1. The number of hydrogen-bond donors (Lipinski definition) is 2. The molecule has 19 heavy (non-hydrogen) atoms. The normalized spacial score (nSPS) is 11.5. The van der Waals surface area contributed by atoms with E-state index in [0.717, 1.165) is 24.2 Å². The second-order valence-corrected chi connectivity index (χ2v) is 5.16. The zero-order chi connectivity index (χ0) is 13.4. The lowest BCUT2D eigenvalue weighted by molar-refractivity contribution is 0.0935. The van der Waals surface area contributed by atoms with Crippen molar-refractivity contribution in [1.82, 2.24) is 5.32 Å². The summed E-state index contributed by atoms with van der Waals surface area (Å²) in [6.45, 7) is 2.63. The van der Waals surface area contributed by atoms with Gasteiger partial charge >= 0.3 is 0 Å². The Balaban J connectivity index is 0.00000324. The molecule has 0 aliphatic heterocycles. The van der Waals surface area contributed by atoms with E-state index in [0.29, 0.717) is 12.1 Å². The van der Waals surface area contributed by atoms with Crippen molar-refractivity contribution in [2.45, 2.75) is 37.1 Å². The fourth-order valence-corrected chi connectivity index (χ4v) is 2.12. The number of nitrogens with two attached hydrogens (primary N) is 1. The van der Waals surface area contributed by atoms with E-state index < -0.39 is 0 Å². The average Bonchev–Trinajstić information content (AvgIpc) is 2.43. The molecule has 1 aromatic carbocycles. The van der Waals surface area contributed by atoms with Gasteiger partial charge in [0.05, 0.1) is 0 Å². The number of carbonyl (C=O) groups excluding carboxylic acids is 1. The fraction of sp³-hybridized carbons (Fsp3) is 0.500. The van der Waals surface area contributed by atoms with Gasteiger partial charge in [0.15, 0.2) is 0 Å². The second-order valence-electron chi connectivity index (χ2n) is 4.28. The third-order valence-electron chi connectivity index (χ3n) is 2.88. The minimum Gasteiger partial charge on any atom is -0.348 e. The van der Waals surface area contributed by atoms with Gasteiger partial charge in [0, 0.05) is 23.0 Å². The average molecular weight is 303 g/mol. The first-order chi connectivity index (χ1) is 8.71. The molecule has 1 aromatic rings. The summed E-state index contributed by atoms with van der Waals surface area (Å²) in [5.41, 5.74) is 6.36. The summed E-state index contributed by atoms with van der Waals surface area (Å²) in [6.07, 6.45) is 5.17. The highest BCUT2D eigenvalue weighted by molar-refractivity contribution is 7.98. The number of thioether (sulfide) groups is 1. The lowest BCUT2D eigenvalue weighted by Gasteiger charge is -2.16. The maximum Gasteiger partial charge on any atom is 0.251 e. The van der Waals surface area contributed by atoms with Crippen LogP contribution in [0.1, 0.15) is 36.5 Å². The Morgan fingerprint density at radius 3 is 2.47 bits per heavy atom. The Bertz CT molecular complexity index is 370. The summed E-state index contributed by atoms with van der Waals surface area (Å²) in [5.74, 6) is -0.0331. The van der Waals surface area contributed by atoms with Crippen LogP contribution >= 0.6 is 24.2 Å². The van der Waals surface area contributed by atoms with Crippen molar-refractivity contribution >= 4 is 30.1 Å². The maximum absolute atomic E-state index is 12.0. The van der Waals surface area contributed by atoms with E-state index in [1.807, 2.05) is 30.5 Å². The lowest BCUT2D eigenvalue weighted by Crippen LogP contribution is -2.40. The summed E-state index contributed by atoms with van der Waals surface area (Å²) >= 11 is 1.67. The monoisotopic (exact) mass is 302 g/mol. The van der Waals surface area contributed by atoms with Gasteiger partial charge in [-0.3, -0.25) is 4.79 Å². The molecular formula is C14H23ClN2OS. The molecule has 1 unspecified atom stereocenters. The van der Waals surface area contributed by atoms with Crippen LogP contribution in [0.25, 0.3) is 0 Å². The number of amides is 1. The van der Waals surface area contributed by atoms with Crippen molar-refractivity contribution in [2.75, 3.05) is 12.8 Å². The second kappa shape index (κ2) is 10.1. The van der Waals surface area contributed by atoms with Crippen LogP contribution in [0.4, 0.5) is 0 Å². The fourth-order valence-electron chi connectivity index (χ4n) is 1.71. The molecule has 0 aliphatic rings. The van der Waals surface area contributed by atoms with Crippen LogP contribution in [0, 0.1) is 0 Å². The molecule has 108 valence electrons. The van der Waals surface area contributed by atoms with Gasteiger partial charge in [0.1, 0.15) is 0 Å². The predicted molar refractivity (Wildman–Crippen MR) is 85.3 cm³/mol. The van der Waals surface area contributed by atoms with Gasteiger partial charge in [-0.15, -0.1) is 24.2 Å². The molecule has 3 N–H and O–H groups in total. The van der Waals surface area contributed by atoms with Gasteiger partial charge in [-0.2, -0.15) is 0 Å². The van der Waals surface area contributed by atoms with Crippen LogP contribution in [0.3, 0.4) is 0 Å². The first-order valence-electron chi connectivity index (χ1n) is 6.36. The van der Waals surface area contributed by atoms with Gasteiger partial charge in [-0.05, 0) is 36.9 Å². The highest BCUT2D eigenvalue weighted by atomic mass is 35.5. The maximum atomic E-state index is 12.0. The van der Waals surface area contributed by atoms with Crippen LogP contribution in [-0.4, -0.2) is 24.7 Å². The van der Waals surface area contributed by atoms with Crippen molar-refractivity contribution < 1.29 is 4.79 Å². The molecule has 0 aromatic heterocycles. The molecule has 0 saturated carbocycles. The molecule has 0 aliphatic carbocycles. The Kier molecular flexibility index (Phi) is 9.74. The minimum absolute atomic E-state index is 0. The van der Waals surface area contributed by atoms with Crippen molar-refractivity contribution in [2.24, 2.45) is 5.73 Å². The zero-order valence-corrected chi connectivity index (χ0v) is 13.2. The van der Waals surface area contributed by atoms with E-state index in [9.17, 15) is 4.79 Å². The number of halogens is 1. The van der Waals surface area contributed by atoms with E-state index in [1.165, 1.54) is 0 Å². The van der Waals surface area contributed by atoms with Gasteiger partial charge in [-0.25, -0.2) is 0 Å². The van der Waals surface area contributed by atoms with Gasteiger partial charge in [-0.1, -0.05) is 19.8 Å². The summed E-state index contributed by atoms with van der Waals surface area (Å²) in [7, 11) is 0. The molecule has 0 radical (unpaired) electrons. The van der Waals surface area contributed by atoms with Crippen LogP contribution in [0.5, 0.6) is 0 Å². The summed E-state index contributed by atoms with van der Waals surface area (Å²) in [6, 6.07) is 7.72. The van der Waals surface area contributed by atoms with Crippen molar-refractivity contribution in [3.05, 3.63) is 29.8 Å². The van der Waals surface area contributed by atoms with Crippen molar-refractivity contribution in [3.63, 3.8) is 0 Å². The summed E-state index contributed by atoms with van der Waals surface area (Å²) in [5, 5.41) is 2.98. The molecule has 0 saturated heterocycles. The zero-order valence-electron chi connectivity index (χ0n) is 11.5. The summed E-state index contributed by atoms with van der Waals surface area (Å²) in [4.78, 5) is 13.2. The Morgan fingerprint density at radius 2 is 2.00 bits per heavy atom. The van der Waals surface area contributed by atoms with Gasteiger partial charge < -0.3 is 11.1 Å². The topological polar surface area (TPSA) is 55.1 Å².